The van der Waals surface area contributed by atoms with Gasteiger partial charge in [-0.3, -0.25) is 4.79 Å². The fourth-order valence-electron chi connectivity index (χ4n) is 5.61. The van der Waals surface area contributed by atoms with Gasteiger partial charge in [-0.25, -0.2) is 0 Å². The minimum Gasteiger partial charge on any atom is -0.490 e. The van der Waals surface area contributed by atoms with E-state index < -0.39 is 5.60 Å². The van der Waals surface area contributed by atoms with Crippen molar-refractivity contribution in [2.24, 2.45) is 11.3 Å². The summed E-state index contributed by atoms with van der Waals surface area (Å²) in [5, 5.41) is 9.87. The lowest BCUT2D eigenvalue weighted by molar-refractivity contribution is -0.161. The zero-order valence-electron chi connectivity index (χ0n) is 16.5. The van der Waals surface area contributed by atoms with Crippen LogP contribution in [0.4, 0.5) is 0 Å². The Hall–Kier alpha value is -1.55. The lowest BCUT2D eigenvalue weighted by atomic mass is 9.70. The van der Waals surface area contributed by atoms with Gasteiger partial charge >= 0.3 is 0 Å². The summed E-state index contributed by atoms with van der Waals surface area (Å²) in [7, 11) is 0. The third-order valence-corrected chi connectivity index (χ3v) is 7.31. The number of rotatable bonds is 4. The van der Waals surface area contributed by atoms with Crippen molar-refractivity contribution in [2.75, 3.05) is 13.1 Å². The van der Waals surface area contributed by atoms with Crippen LogP contribution < -0.4 is 4.74 Å². The highest BCUT2D eigenvalue weighted by atomic mass is 16.5. The van der Waals surface area contributed by atoms with Crippen molar-refractivity contribution in [3.8, 4) is 5.75 Å². The maximum absolute atomic E-state index is 12.5. The third kappa shape index (κ3) is 3.26. The zero-order chi connectivity index (χ0) is 18.8. The molecule has 0 unspecified atom stereocenters. The predicted octanol–water partition coefficient (Wildman–Crippen LogP) is 3.79. The summed E-state index contributed by atoms with van der Waals surface area (Å²) in [5.41, 5.74) is 2.51. The maximum atomic E-state index is 12.5. The van der Waals surface area contributed by atoms with E-state index in [2.05, 4.69) is 25.1 Å². The number of hydrogen-bond donors (Lipinski definition) is 1. The van der Waals surface area contributed by atoms with Crippen LogP contribution in [0.3, 0.4) is 0 Å². The number of aryl methyl sites for hydroxylation is 1. The summed E-state index contributed by atoms with van der Waals surface area (Å²) >= 11 is 0. The molecule has 1 aromatic carbocycles. The lowest BCUT2D eigenvalue weighted by Gasteiger charge is -2.51. The second-order valence-corrected chi connectivity index (χ2v) is 10.1. The number of likely N-dealkylation sites (tertiary alicyclic amines) is 1. The first-order valence-electron chi connectivity index (χ1n) is 10.6. The Morgan fingerprint density at radius 3 is 2.59 bits per heavy atom. The number of carbonyl (C=O) groups is 1. The summed E-state index contributed by atoms with van der Waals surface area (Å²) in [6, 6.07) is 6.58. The first kappa shape index (κ1) is 17.5. The van der Waals surface area contributed by atoms with Crippen LogP contribution in [0.2, 0.25) is 0 Å². The normalized spacial score (nSPS) is 34.3. The van der Waals surface area contributed by atoms with Gasteiger partial charge in [-0.15, -0.1) is 0 Å². The highest BCUT2D eigenvalue weighted by molar-refractivity contribution is 5.81. The van der Waals surface area contributed by atoms with Crippen LogP contribution in [-0.4, -0.2) is 40.7 Å². The number of aliphatic hydroxyl groups is 1. The van der Waals surface area contributed by atoms with Crippen molar-refractivity contribution in [1.29, 1.82) is 0 Å². The second-order valence-electron chi connectivity index (χ2n) is 10.1. The predicted molar refractivity (Wildman–Crippen MR) is 104 cm³/mol. The average molecular weight is 370 g/mol. The monoisotopic (exact) mass is 369 g/mol. The molecule has 1 atom stereocenters. The Morgan fingerprint density at radius 2 is 1.93 bits per heavy atom. The third-order valence-electron chi connectivity index (χ3n) is 7.31. The van der Waals surface area contributed by atoms with Gasteiger partial charge in [-0.05, 0) is 88.0 Å². The van der Waals surface area contributed by atoms with E-state index in [-0.39, 0.29) is 23.3 Å². The minimum atomic E-state index is -0.622. The van der Waals surface area contributed by atoms with Gasteiger partial charge in [0.1, 0.15) is 5.75 Å². The van der Waals surface area contributed by atoms with Gasteiger partial charge in [-0.1, -0.05) is 6.07 Å². The van der Waals surface area contributed by atoms with Gasteiger partial charge in [0.05, 0.1) is 11.7 Å². The van der Waals surface area contributed by atoms with E-state index >= 15 is 0 Å². The Morgan fingerprint density at radius 1 is 1.19 bits per heavy atom. The van der Waals surface area contributed by atoms with Gasteiger partial charge in [0.2, 0.25) is 5.91 Å². The fourth-order valence-corrected chi connectivity index (χ4v) is 5.61. The van der Waals surface area contributed by atoms with Crippen molar-refractivity contribution in [2.45, 2.75) is 76.4 Å². The summed E-state index contributed by atoms with van der Waals surface area (Å²) in [6.45, 7) is 5.79. The first-order chi connectivity index (χ1) is 12.8. The molecule has 0 aromatic heterocycles. The van der Waals surface area contributed by atoms with E-state index in [4.69, 9.17) is 4.74 Å². The lowest BCUT2D eigenvalue weighted by Crippen LogP contribution is -2.61. The molecule has 3 aliphatic carbocycles. The van der Waals surface area contributed by atoms with Crippen LogP contribution in [0, 0.1) is 18.3 Å². The first-order valence-corrected chi connectivity index (χ1v) is 10.6. The Kier molecular flexibility index (Phi) is 3.88. The summed E-state index contributed by atoms with van der Waals surface area (Å²) in [4.78, 5) is 14.5. The Labute approximate surface area is 161 Å². The van der Waals surface area contributed by atoms with E-state index in [0.29, 0.717) is 12.8 Å². The molecule has 5 rings (SSSR count). The molecule has 4 nitrogen and oxygen atoms in total. The number of ether oxygens (including phenoxy) is 1. The topological polar surface area (TPSA) is 49.8 Å². The average Bonchev–Trinajstić information content (AvgIpc) is 3.32. The van der Waals surface area contributed by atoms with Gasteiger partial charge in [0.25, 0.3) is 0 Å². The molecule has 1 spiro atoms. The van der Waals surface area contributed by atoms with Crippen LogP contribution in [-0.2, 0) is 4.79 Å². The molecule has 1 saturated heterocycles. The molecule has 3 saturated carbocycles. The molecule has 0 radical (unpaired) electrons. The van der Waals surface area contributed by atoms with Gasteiger partial charge in [0, 0.05) is 24.4 Å². The van der Waals surface area contributed by atoms with Crippen LogP contribution in [0.15, 0.2) is 18.2 Å². The fraction of sp³-hybridized carbons (Fsp3) is 0.696. The smallest absolute Gasteiger partial charge is 0.225 e. The van der Waals surface area contributed by atoms with E-state index in [1.54, 1.807) is 0 Å². The van der Waals surface area contributed by atoms with Crippen LogP contribution in [0.5, 0.6) is 5.75 Å². The largest absolute Gasteiger partial charge is 0.490 e. The number of hydrogen-bond acceptors (Lipinski definition) is 3. The van der Waals surface area contributed by atoms with Crippen molar-refractivity contribution >= 4 is 5.91 Å². The SMILES string of the molecule is Cc1ccc(O[C@@H]2CCC3(C2)CN(C(=O)C2CC(C)(O)C2)C3)cc1C1CC1. The molecule has 1 N–H and O–H groups in total. The highest BCUT2D eigenvalue weighted by Gasteiger charge is 2.53. The molecule has 146 valence electrons. The van der Waals surface area contributed by atoms with Crippen molar-refractivity contribution in [3.63, 3.8) is 0 Å². The number of amides is 1. The van der Waals surface area contributed by atoms with E-state index in [9.17, 15) is 9.90 Å². The Bertz CT molecular complexity index is 753. The van der Waals surface area contributed by atoms with Crippen molar-refractivity contribution < 1.29 is 14.6 Å². The standard InChI is InChI=1S/C23H31NO3/c1-15-3-6-18(9-20(15)16-4-5-16)27-19-7-8-23(12-19)13-24(14-23)21(25)17-10-22(2,26)11-17/h3,6,9,16-17,19,26H,4-5,7-8,10-14H2,1-2H3/t17?,19-,22?/m1/s1. The molecule has 1 aromatic rings. The molecule has 1 aliphatic heterocycles. The maximum Gasteiger partial charge on any atom is 0.225 e. The molecule has 4 heteroatoms. The van der Waals surface area contributed by atoms with Crippen molar-refractivity contribution in [3.05, 3.63) is 29.3 Å². The van der Waals surface area contributed by atoms with Crippen LogP contribution in [0.1, 0.15) is 68.9 Å². The summed E-state index contributed by atoms with van der Waals surface area (Å²) in [6.07, 6.45) is 7.47. The molecule has 1 amide bonds. The van der Waals surface area contributed by atoms with Crippen molar-refractivity contribution in [1.82, 2.24) is 4.90 Å². The number of benzene rings is 1. The molecule has 4 fully saturated rings. The van der Waals surface area contributed by atoms with Crippen LogP contribution in [0.25, 0.3) is 0 Å². The molecule has 4 aliphatic rings. The molecular formula is C23H31NO3. The van der Waals surface area contributed by atoms with Gasteiger partial charge in [0.15, 0.2) is 0 Å². The summed E-state index contributed by atoms with van der Waals surface area (Å²) < 4.78 is 6.35. The van der Waals surface area contributed by atoms with Gasteiger partial charge in [-0.2, -0.15) is 0 Å². The quantitative estimate of drug-likeness (QED) is 0.878. The molecule has 1 heterocycles. The minimum absolute atomic E-state index is 0.0409. The van der Waals surface area contributed by atoms with Crippen LogP contribution >= 0.6 is 0 Å². The molecular weight excluding hydrogens is 338 g/mol. The van der Waals surface area contributed by atoms with E-state index in [0.717, 1.165) is 44.0 Å². The second kappa shape index (κ2) is 5.97. The summed E-state index contributed by atoms with van der Waals surface area (Å²) in [5.74, 6) is 2.07. The highest BCUT2D eigenvalue weighted by Crippen LogP contribution is 2.49. The van der Waals surface area contributed by atoms with Gasteiger partial charge < -0.3 is 14.7 Å². The Balaban J connectivity index is 1.15. The molecule has 27 heavy (non-hydrogen) atoms. The zero-order valence-corrected chi connectivity index (χ0v) is 16.5. The number of nitrogens with zero attached hydrogens (tertiary/aromatic N) is 1. The number of carbonyl (C=O) groups excluding carboxylic acids is 1. The molecule has 0 bridgehead atoms. The van der Waals surface area contributed by atoms with E-state index in [1.165, 1.54) is 24.0 Å². The van der Waals surface area contributed by atoms with E-state index in [1.807, 2.05) is 11.8 Å².